The number of hydrogen-bond donors (Lipinski definition) is 0. The van der Waals surface area contributed by atoms with Crippen LogP contribution < -0.4 is 0 Å². The maximum atomic E-state index is 2.42. The average Bonchev–Trinajstić information content (AvgIpc) is 1.00. The third-order valence-electron chi connectivity index (χ3n) is 0. The second-order valence-electron chi connectivity index (χ2n) is 0. The zero-order valence-electron chi connectivity index (χ0n) is 3.31. The Kier molecular flexibility index (Phi) is 117. The van der Waals surface area contributed by atoms with Crippen molar-refractivity contribution in [1.82, 2.24) is 0 Å². The van der Waals surface area contributed by atoms with E-state index in [1.807, 2.05) is 6.66 Å². The minimum atomic E-state index is 0. The fourth-order valence-corrected chi connectivity index (χ4v) is 0. The van der Waals surface area contributed by atoms with Gasteiger partial charge >= 0.3 is 0 Å². The van der Waals surface area contributed by atoms with Crippen molar-refractivity contribution < 1.29 is 98.1 Å². The van der Waals surface area contributed by atoms with Crippen LogP contribution in [0.1, 0.15) is 0 Å². The molecule has 0 rings (SSSR count). The van der Waals surface area contributed by atoms with Crippen molar-refractivity contribution in [3.05, 3.63) is 0 Å². The van der Waals surface area contributed by atoms with E-state index in [4.69, 9.17) is 0 Å². The molecule has 0 aromatic heterocycles. The molecule has 0 saturated carbocycles. The van der Waals surface area contributed by atoms with Crippen LogP contribution in [0.25, 0.3) is 0 Å². The summed E-state index contributed by atoms with van der Waals surface area (Å²) in [5.41, 5.74) is 0. The Bertz CT molecular complexity index is 6.85. The fraction of sp³-hybridized carbons (Fsp3) is 1.00. The molecule has 0 spiro atoms. The molecule has 0 aliphatic heterocycles. The minimum Gasteiger partial charge on any atom is -0.141 e. The van der Waals surface area contributed by atoms with Crippen LogP contribution in [-0.4, -0.2) is 6.66 Å². The van der Waals surface area contributed by atoms with E-state index in [0.717, 1.165) is 0 Å². The second kappa shape index (κ2) is 25.1. The van der Waals surface area contributed by atoms with Gasteiger partial charge in [0.25, 0.3) is 0 Å². The average molecular weight is 315 g/mol. The van der Waals surface area contributed by atoms with Gasteiger partial charge in [0.15, 0.2) is 0 Å². The van der Waals surface area contributed by atoms with Gasteiger partial charge in [0, 0.05) is 98.1 Å². The second-order valence-corrected chi connectivity index (χ2v) is 0. The molecule has 4 heteroatoms. The summed E-state index contributed by atoms with van der Waals surface area (Å²) >= 11 is 0. The van der Waals surface area contributed by atoms with Crippen molar-refractivity contribution in [2.45, 2.75) is 0 Å². The topological polar surface area (TPSA) is 0 Å². The minimum absolute atomic E-state index is 0. The molecule has 23 valence electrons. The molecule has 0 amide bonds. The molecule has 0 aliphatic carbocycles. The molecule has 0 aromatic carbocycles. The Morgan fingerprint density at radius 3 is 0.800 bits per heavy atom. The SMILES string of the molecule is CP.[Y].[Y].[Y]. The summed E-state index contributed by atoms with van der Waals surface area (Å²) in [6.07, 6.45) is 0. The summed E-state index contributed by atoms with van der Waals surface area (Å²) in [5, 5.41) is 0. The maximum absolute atomic E-state index is 2.42. The van der Waals surface area contributed by atoms with Gasteiger partial charge in [0.05, 0.1) is 0 Å². The van der Waals surface area contributed by atoms with E-state index in [1.165, 1.54) is 0 Å². The van der Waals surface area contributed by atoms with E-state index in [2.05, 4.69) is 9.24 Å². The molecule has 0 heterocycles. The van der Waals surface area contributed by atoms with Crippen molar-refractivity contribution in [3.63, 3.8) is 0 Å². The van der Waals surface area contributed by atoms with Crippen molar-refractivity contribution in [2.75, 3.05) is 6.66 Å². The van der Waals surface area contributed by atoms with Gasteiger partial charge in [-0.2, -0.15) is 0 Å². The summed E-state index contributed by atoms with van der Waals surface area (Å²) in [6.45, 7) is 1.92. The van der Waals surface area contributed by atoms with Crippen LogP contribution in [0.15, 0.2) is 0 Å². The fourth-order valence-electron chi connectivity index (χ4n) is 0. The van der Waals surface area contributed by atoms with Gasteiger partial charge in [0.2, 0.25) is 0 Å². The van der Waals surface area contributed by atoms with Gasteiger partial charge in [-0.15, -0.1) is 9.24 Å². The van der Waals surface area contributed by atoms with Gasteiger partial charge in [-0.3, -0.25) is 0 Å². The van der Waals surface area contributed by atoms with Crippen molar-refractivity contribution >= 4 is 9.24 Å². The Labute approximate surface area is 111 Å². The summed E-state index contributed by atoms with van der Waals surface area (Å²) in [4.78, 5) is 0. The quantitative estimate of drug-likeness (QED) is 0.571. The van der Waals surface area contributed by atoms with E-state index in [1.54, 1.807) is 0 Å². The van der Waals surface area contributed by atoms with Crippen LogP contribution in [-0.2, 0) is 98.1 Å². The van der Waals surface area contributed by atoms with Crippen LogP contribution in [0.3, 0.4) is 0 Å². The maximum Gasteiger partial charge on any atom is 0 e. The first-order valence-electron chi connectivity index (χ1n) is 0.577. The molecule has 0 nitrogen and oxygen atoms in total. The predicted octanol–water partition coefficient (Wildman–Crippen LogP) is 0.484. The molecule has 3 radical (unpaired) electrons. The number of hydrogen-bond acceptors (Lipinski definition) is 0. The van der Waals surface area contributed by atoms with Gasteiger partial charge in [-0.1, -0.05) is 6.66 Å². The summed E-state index contributed by atoms with van der Waals surface area (Å²) in [5.74, 6) is 0. The van der Waals surface area contributed by atoms with E-state index in [9.17, 15) is 0 Å². The molecule has 0 fully saturated rings. The molecular formula is CH5PY3. The third-order valence-corrected chi connectivity index (χ3v) is 0. The summed E-state index contributed by atoms with van der Waals surface area (Å²) in [7, 11) is 2.42. The predicted molar refractivity (Wildman–Crippen MR) is 15.6 cm³/mol. The van der Waals surface area contributed by atoms with Crippen molar-refractivity contribution in [2.24, 2.45) is 0 Å². The summed E-state index contributed by atoms with van der Waals surface area (Å²) < 4.78 is 0. The third kappa shape index (κ3) is 18.2. The van der Waals surface area contributed by atoms with Crippen LogP contribution in [0.2, 0.25) is 0 Å². The Balaban J connectivity index is -0.00000000167. The molecule has 0 bridgehead atoms. The van der Waals surface area contributed by atoms with Gasteiger partial charge in [0.1, 0.15) is 0 Å². The first-order chi connectivity index (χ1) is 1.00. The Morgan fingerprint density at radius 1 is 0.800 bits per heavy atom. The van der Waals surface area contributed by atoms with Crippen LogP contribution >= 0.6 is 9.24 Å². The largest absolute Gasteiger partial charge is 0.141 e. The molecule has 1 unspecified atom stereocenters. The molecule has 0 N–H and O–H groups in total. The standard InChI is InChI=1S/CH5P.3Y/c1-2;;;/h2H2,1H3;;;. The van der Waals surface area contributed by atoms with Gasteiger partial charge in [-0.05, 0) is 0 Å². The smallest absolute Gasteiger partial charge is 0 e. The first kappa shape index (κ1) is 23.3. The van der Waals surface area contributed by atoms with E-state index >= 15 is 0 Å². The first-order valence-corrected chi connectivity index (χ1v) is 1.73. The molecule has 5 heavy (non-hydrogen) atoms. The van der Waals surface area contributed by atoms with Gasteiger partial charge < -0.3 is 0 Å². The van der Waals surface area contributed by atoms with Crippen molar-refractivity contribution in [3.8, 4) is 0 Å². The van der Waals surface area contributed by atoms with Gasteiger partial charge in [-0.25, -0.2) is 0 Å². The van der Waals surface area contributed by atoms with E-state index in [-0.39, 0.29) is 98.1 Å². The normalized spacial score (nSPS) is 1.20. The zero-order chi connectivity index (χ0) is 2.00. The molecule has 1 atom stereocenters. The van der Waals surface area contributed by atoms with Crippen LogP contribution in [0.4, 0.5) is 0 Å². The van der Waals surface area contributed by atoms with Crippen molar-refractivity contribution in [1.29, 1.82) is 0 Å². The zero-order valence-corrected chi connectivity index (χ0v) is 13.0. The molecular weight excluding hydrogens is 310 g/mol. The van der Waals surface area contributed by atoms with Crippen LogP contribution in [0.5, 0.6) is 0 Å². The summed E-state index contributed by atoms with van der Waals surface area (Å²) in [6, 6.07) is 0. The molecule has 0 aliphatic rings. The Hall–Kier alpha value is 3.74. The monoisotopic (exact) mass is 315 g/mol. The molecule has 0 aromatic rings. The van der Waals surface area contributed by atoms with Crippen LogP contribution in [0, 0.1) is 0 Å². The Morgan fingerprint density at radius 2 is 0.800 bits per heavy atom. The van der Waals surface area contributed by atoms with E-state index in [0.29, 0.717) is 0 Å². The van der Waals surface area contributed by atoms with E-state index < -0.39 is 0 Å². The number of rotatable bonds is 0. The molecule has 0 saturated heterocycles.